The van der Waals surface area contributed by atoms with Gasteiger partial charge in [-0.3, -0.25) is 14.5 Å². The van der Waals surface area contributed by atoms with Crippen LogP contribution in [0.3, 0.4) is 0 Å². The van der Waals surface area contributed by atoms with E-state index in [1.54, 1.807) is 7.05 Å². The van der Waals surface area contributed by atoms with Crippen molar-refractivity contribution in [3.63, 3.8) is 0 Å². The minimum atomic E-state index is -0.574. The molecule has 0 aliphatic carbocycles. The molecule has 0 aromatic heterocycles. The molecule has 2 amide bonds. The van der Waals surface area contributed by atoms with Crippen molar-refractivity contribution in [1.29, 1.82) is 0 Å². The maximum Gasteiger partial charge on any atom is 0.242 e. The van der Waals surface area contributed by atoms with E-state index < -0.39 is 5.54 Å². The Morgan fingerprint density at radius 3 is 2.35 bits per heavy atom. The third-order valence-electron chi connectivity index (χ3n) is 3.61. The number of nitrogens with zero attached hydrogens (tertiary/aromatic N) is 2. The summed E-state index contributed by atoms with van der Waals surface area (Å²) < 4.78 is 0. The minimum Gasteiger partial charge on any atom is -0.352 e. The van der Waals surface area contributed by atoms with Gasteiger partial charge >= 0.3 is 0 Å². The van der Waals surface area contributed by atoms with Crippen LogP contribution in [-0.2, 0) is 9.59 Å². The number of nitrogens with one attached hydrogen (secondary N) is 2. The molecule has 1 heterocycles. The summed E-state index contributed by atoms with van der Waals surface area (Å²) in [5.74, 6) is -0.134. The fourth-order valence-corrected chi connectivity index (χ4v) is 2.48. The lowest BCUT2D eigenvalue weighted by Gasteiger charge is -2.41. The zero-order chi connectivity index (χ0) is 15.3. The van der Waals surface area contributed by atoms with Crippen LogP contribution < -0.4 is 10.6 Å². The molecule has 0 aromatic carbocycles. The molecule has 0 saturated carbocycles. The van der Waals surface area contributed by atoms with Gasteiger partial charge in [0.05, 0.1) is 12.1 Å². The molecule has 0 bridgehead atoms. The van der Waals surface area contributed by atoms with E-state index in [2.05, 4.69) is 15.5 Å². The number of likely N-dealkylation sites (N-methyl/N-ethyl adjacent to an activating group) is 1. The van der Waals surface area contributed by atoms with Crippen LogP contribution in [0.15, 0.2) is 0 Å². The van der Waals surface area contributed by atoms with E-state index in [9.17, 15) is 9.59 Å². The first kappa shape index (κ1) is 16.9. The molecular formula is C14H28N4O2. The maximum atomic E-state index is 12.6. The van der Waals surface area contributed by atoms with Crippen LogP contribution >= 0.6 is 0 Å². The summed E-state index contributed by atoms with van der Waals surface area (Å²) in [5, 5.41) is 6.08. The van der Waals surface area contributed by atoms with Gasteiger partial charge in [-0.05, 0) is 27.7 Å². The lowest BCUT2D eigenvalue weighted by Crippen LogP contribution is -2.60. The second kappa shape index (κ2) is 7.04. The minimum absolute atomic E-state index is 0.0155. The van der Waals surface area contributed by atoms with E-state index in [-0.39, 0.29) is 24.4 Å². The Labute approximate surface area is 121 Å². The zero-order valence-electron chi connectivity index (χ0n) is 13.3. The van der Waals surface area contributed by atoms with Crippen molar-refractivity contribution >= 4 is 11.8 Å². The fourth-order valence-electron chi connectivity index (χ4n) is 2.48. The van der Waals surface area contributed by atoms with Gasteiger partial charge in [-0.1, -0.05) is 0 Å². The molecule has 116 valence electrons. The zero-order valence-corrected chi connectivity index (χ0v) is 13.3. The van der Waals surface area contributed by atoms with Crippen molar-refractivity contribution in [3.8, 4) is 0 Å². The molecule has 1 aliphatic heterocycles. The molecule has 0 aromatic rings. The Kier molecular flexibility index (Phi) is 5.95. The number of rotatable bonds is 5. The summed E-state index contributed by atoms with van der Waals surface area (Å²) in [4.78, 5) is 28.0. The van der Waals surface area contributed by atoms with E-state index in [4.69, 9.17) is 0 Å². The Balaban J connectivity index is 2.59. The SMILES string of the molecule is CC(C)NC(=O)CN(C)C(=O)C(C)(C)N1CCNCC1. The predicted octanol–water partition coefficient (Wildman–Crippen LogP) is -0.347. The molecule has 0 spiro atoms. The van der Waals surface area contributed by atoms with Crippen LogP contribution in [0.2, 0.25) is 0 Å². The number of hydrogen-bond acceptors (Lipinski definition) is 4. The first-order valence-corrected chi connectivity index (χ1v) is 7.26. The van der Waals surface area contributed by atoms with E-state index in [0.29, 0.717) is 0 Å². The first-order valence-electron chi connectivity index (χ1n) is 7.26. The molecule has 20 heavy (non-hydrogen) atoms. The molecule has 2 N–H and O–H groups in total. The maximum absolute atomic E-state index is 12.6. The first-order chi connectivity index (χ1) is 9.25. The largest absolute Gasteiger partial charge is 0.352 e. The highest BCUT2D eigenvalue weighted by Gasteiger charge is 2.37. The summed E-state index contributed by atoms with van der Waals surface area (Å²) in [6.45, 7) is 11.3. The van der Waals surface area contributed by atoms with Crippen molar-refractivity contribution in [3.05, 3.63) is 0 Å². The van der Waals surface area contributed by atoms with Crippen molar-refractivity contribution in [2.24, 2.45) is 0 Å². The van der Waals surface area contributed by atoms with Gasteiger partial charge in [-0.25, -0.2) is 0 Å². The standard InChI is InChI=1S/C14H28N4O2/c1-11(2)16-12(19)10-17(5)13(20)14(3,4)18-8-6-15-7-9-18/h11,15H,6-10H2,1-5H3,(H,16,19). The summed E-state index contributed by atoms with van der Waals surface area (Å²) in [6.07, 6.45) is 0. The van der Waals surface area contributed by atoms with Gasteiger partial charge in [0, 0.05) is 39.3 Å². The van der Waals surface area contributed by atoms with Gasteiger partial charge in [-0.2, -0.15) is 0 Å². The fraction of sp³-hybridized carbons (Fsp3) is 0.857. The van der Waals surface area contributed by atoms with Crippen LogP contribution in [0, 0.1) is 0 Å². The lowest BCUT2D eigenvalue weighted by atomic mass is 9.99. The second-order valence-corrected chi connectivity index (χ2v) is 6.18. The van der Waals surface area contributed by atoms with E-state index in [1.807, 2.05) is 27.7 Å². The van der Waals surface area contributed by atoms with Gasteiger partial charge in [0.1, 0.15) is 0 Å². The molecule has 1 fully saturated rings. The van der Waals surface area contributed by atoms with Crippen LogP contribution in [0.4, 0.5) is 0 Å². The Hall–Kier alpha value is -1.14. The van der Waals surface area contributed by atoms with Crippen LogP contribution in [0.5, 0.6) is 0 Å². The lowest BCUT2D eigenvalue weighted by molar-refractivity contribution is -0.144. The van der Waals surface area contributed by atoms with Crippen LogP contribution in [-0.4, -0.2) is 73.0 Å². The number of carbonyl (C=O) groups is 2. The molecule has 1 saturated heterocycles. The Bertz CT molecular complexity index is 349. The number of piperazine rings is 1. The van der Waals surface area contributed by atoms with Gasteiger partial charge in [-0.15, -0.1) is 0 Å². The quantitative estimate of drug-likeness (QED) is 0.724. The van der Waals surface area contributed by atoms with E-state index in [0.717, 1.165) is 26.2 Å². The summed E-state index contributed by atoms with van der Waals surface area (Å²) in [6, 6.07) is 0.0900. The molecule has 0 radical (unpaired) electrons. The second-order valence-electron chi connectivity index (χ2n) is 6.18. The molecule has 6 nitrogen and oxygen atoms in total. The van der Waals surface area contributed by atoms with Crippen LogP contribution in [0.25, 0.3) is 0 Å². The van der Waals surface area contributed by atoms with Gasteiger partial charge in [0.25, 0.3) is 0 Å². The predicted molar refractivity (Wildman–Crippen MR) is 79.4 cm³/mol. The highest BCUT2D eigenvalue weighted by Crippen LogP contribution is 2.17. The molecular weight excluding hydrogens is 256 g/mol. The molecule has 0 unspecified atom stereocenters. The molecule has 1 rings (SSSR count). The monoisotopic (exact) mass is 284 g/mol. The highest BCUT2D eigenvalue weighted by molar-refractivity contribution is 5.89. The molecule has 1 aliphatic rings. The van der Waals surface area contributed by atoms with Crippen LogP contribution in [0.1, 0.15) is 27.7 Å². The summed E-state index contributed by atoms with van der Waals surface area (Å²) in [7, 11) is 1.69. The van der Waals surface area contributed by atoms with Crippen molar-refractivity contribution in [2.45, 2.75) is 39.3 Å². The third-order valence-corrected chi connectivity index (χ3v) is 3.61. The van der Waals surface area contributed by atoms with E-state index >= 15 is 0 Å². The number of amides is 2. The smallest absolute Gasteiger partial charge is 0.242 e. The summed E-state index contributed by atoms with van der Waals surface area (Å²) >= 11 is 0. The van der Waals surface area contributed by atoms with Gasteiger partial charge in [0.2, 0.25) is 11.8 Å². The summed E-state index contributed by atoms with van der Waals surface area (Å²) in [5.41, 5.74) is -0.574. The molecule has 6 heteroatoms. The number of hydrogen-bond donors (Lipinski definition) is 2. The molecule has 0 atom stereocenters. The topological polar surface area (TPSA) is 64.7 Å². The Morgan fingerprint density at radius 2 is 1.85 bits per heavy atom. The van der Waals surface area contributed by atoms with Crippen molar-refractivity contribution < 1.29 is 9.59 Å². The highest BCUT2D eigenvalue weighted by atomic mass is 16.2. The average Bonchev–Trinajstić information content (AvgIpc) is 2.37. The van der Waals surface area contributed by atoms with E-state index in [1.165, 1.54) is 4.90 Å². The number of carbonyl (C=O) groups excluding carboxylic acids is 2. The van der Waals surface area contributed by atoms with Crippen molar-refractivity contribution in [1.82, 2.24) is 20.4 Å². The third kappa shape index (κ3) is 4.45. The normalized spacial score (nSPS) is 17.1. The average molecular weight is 284 g/mol. The van der Waals surface area contributed by atoms with Gasteiger partial charge in [0.15, 0.2) is 0 Å². The Morgan fingerprint density at radius 1 is 1.30 bits per heavy atom. The van der Waals surface area contributed by atoms with Gasteiger partial charge < -0.3 is 15.5 Å². The van der Waals surface area contributed by atoms with Crippen molar-refractivity contribution in [2.75, 3.05) is 39.8 Å².